The van der Waals surface area contributed by atoms with Crippen LogP contribution in [0.1, 0.15) is 17.7 Å². The number of hydrogen-bond acceptors (Lipinski definition) is 7. The molecule has 0 atom stereocenters. The van der Waals surface area contributed by atoms with Crippen molar-refractivity contribution in [2.45, 2.75) is 12.8 Å². The monoisotopic (exact) mass is 372 g/mol. The van der Waals surface area contributed by atoms with E-state index in [0.717, 1.165) is 11.8 Å². The quantitative estimate of drug-likeness (QED) is 0.781. The SMILES string of the molecule is CS(=O)(=O)CCN1C(=O)CCc2c(Oc3cc(C#N)ncn3)cccc21. The molecule has 1 aliphatic heterocycles. The van der Waals surface area contributed by atoms with Crippen LogP contribution in [0, 0.1) is 11.3 Å². The van der Waals surface area contributed by atoms with Crippen LogP contribution in [0.25, 0.3) is 0 Å². The van der Waals surface area contributed by atoms with Crippen molar-refractivity contribution >= 4 is 21.4 Å². The predicted octanol–water partition coefficient (Wildman–Crippen LogP) is 1.46. The van der Waals surface area contributed by atoms with E-state index in [0.29, 0.717) is 17.9 Å². The Hall–Kier alpha value is -2.99. The molecule has 1 aliphatic rings. The summed E-state index contributed by atoms with van der Waals surface area (Å²) in [4.78, 5) is 21.5. The maximum absolute atomic E-state index is 12.3. The van der Waals surface area contributed by atoms with Gasteiger partial charge >= 0.3 is 0 Å². The van der Waals surface area contributed by atoms with Crippen LogP contribution in [0.3, 0.4) is 0 Å². The van der Waals surface area contributed by atoms with Crippen molar-refractivity contribution in [3.63, 3.8) is 0 Å². The second-order valence-corrected chi connectivity index (χ2v) is 8.14. The summed E-state index contributed by atoms with van der Waals surface area (Å²) in [5, 5.41) is 8.92. The van der Waals surface area contributed by atoms with E-state index in [4.69, 9.17) is 10.00 Å². The Labute approximate surface area is 151 Å². The standard InChI is InChI=1S/C17H16N4O4S/c1-26(23,24)8-7-21-14-3-2-4-15(13(14)5-6-17(21)22)25-16-9-12(10-18)19-11-20-16/h2-4,9,11H,5-8H2,1H3. The highest BCUT2D eigenvalue weighted by Gasteiger charge is 2.27. The number of fused-ring (bicyclic) bond motifs is 1. The van der Waals surface area contributed by atoms with Gasteiger partial charge in [0, 0.05) is 30.9 Å². The second kappa shape index (κ2) is 7.09. The van der Waals surface area contributed by atoms with E-state index in [1.807, 2.05) is 6.07 Å². The van der Waals surface area contributed by atoms with Gasteiger partial charge in [-0.2, -0.15) is 5.26 Å². The lowest BCUT2D eigenvalue weighted by molar-refractivity contribution is -0.118. The Balaban J connectivity index is 1.92. The largest absolute Gasteiger partial charge is 0.439 e. The summed E-state index contributed by atoms with van der Waals surface area (Å²) in [6.07, 6.45) is 3.13. The molecule has 0 spiro atoms. The lowest BCUT2D eigenvalue weighted by atomic mass is 10.00. The molecular weight excluding hydrogens is 356 g/mol. The number of carbonyl (C=O) groups excluding carboxylic acids is 1. The molecule has 8 nitrogen and oxygen atoms in total. The number of carbonyl (C=O) groups is 1. The summed E-state index contributed by atoms with van der Waals surface area (Å²) < 4.78 is 28.7. The number of sulfone groups is 1. The van der Waals surface area contributed by atoms with Crippen LogP contribution in [0.15, 0.2) is 30.6 Å². The van der Waals surface area contributed by atoms with Gasteiger partial charge in [-0.3, -0.25) is 4.79 Å². The van der Waals surface area contributed by atoms with Crippen LogP contribution in [-0.2, 0) is 21.1 Å². The number of rotatable bonds is 5. The minimum Gasteiger partial charge on any atom is -0.439 e. The zero-order valence-corrected chi connectivity index (χ0v) is 14.9. The number of hydrogen-bond donors (Lipinski definition) is 0. The fourth-order valence-corrected chi connectivity index (χ4v) is 3.24. The van der Waals surface area contributed by atoms with E-state index in [-0.39, 0.29) is 36.2 Å². The zero-order chi connectivity index (χ0) is 18.7. The Morgan fingerprint density at radius 2 is 2.12 bits per heavy atom. The maximum atomic E-state index is 12.3. The normalized spacial score (nSPS) is 13.8. The van der Waals surface area contributed by atoms with Crippen molar-refractivity contribution < 1.29 is 17.9 Å². The van der Waals surface area contributed by atoms with Crippen LogP contribution in [0.2, 0.25) is 0 Å². The average molecular weight is 372 g/mol. The average Bonchev–Trinajstić information content (AvgIpc) is 2.60. The Kier molecular flexibility index (Phi) is 4.86. The highest BCUT2D eigenvalue weighted by Crippen LogP contribution is 2.36. The smallest absolute Gasteiger partial charge is 0.227 e. The summed E-state index contributed by atoms with van der Waals surface area (Å²) in [5.41, 5.74) is 1.62. The highest BCUT2D eigenvalue weighted by molar-refractivity contribution is 7.90. The third-order valence-corrected chi connectivity index (χ3v) is 4.87. The molecule has 9 heteroatoms. The van der Waals surface area contributed by atoms with Crippen LogP contribution in [0.5, 0.6) is 11.6 Å². The molecule has 3 rings (SSSR count). The van der Waals surface area contributed by atoms with E-state index >= 15 is 0 Å². The fourth-order valence-electron chi connectivity index (χ4n) is 2.73. The van der Waals surface area contributed by atoms with Gasteiger partial charge in [0.25, 0.3) is 0 Å². The minimum absolute atomic E-state index is 0.0974. The number of anilines is 1. The van der Waals surface area contributed by atoms with Gasteiger partial charge in [0.1, 0.15) is 33.7 Å². The van der Waals surface area contributed by atoms with Gasteiger partial charge in [0.2, 0.25) is 11.8 Å². The van der Waals surface area contributed by atoms with Gasteiger partial charge in [-0.25, -0.2) is 18.4 Å². The first-order valence-electron chi connectivity index (χ1n) is 7.87. The van der Waals surface area contributed by atoms with Crippen molar-refractivity contribution in [2.75, 3.05) is 23.5 Å². The highest BCUT2D eigenvalue weighted by atomic mass is 32.2. The minimum atomic E-state index is -3.19. The number of amides is 1. The summed E-state index contributed by atoms with van der Waals surface area (Å²) in [5.74, 6) is 0.513. The number of aromatic nitrogens is 2. The van der Waals surface area contributed by atoms with Gasteiger partial charge < -0.3 is 9.64 Å². The first-order chi connectivity index (χ1) is 12.4. The Bertz CT molecular complexity index is 998. The van der Waals surface area contributed by atoms with Crippen LogP contribution in [0.4, 0.5) is 5.69 Å². The van der Waals surface area contributed by atoms with E-state index in [1.54, 1.807) is 18.2 Å². The lowest BCUT2D eigenvalue weighted by Gasteiger charge is -2.30. The van der Waals surface area contributed by atoms with Crippen molar-refractivity contribution in [1.29, 1.82) is 5.26 Å². The number of benzene rings is 1. The fraction of sp³-hybridized carbons (Fsp3) is 0.294. The van der Waals surface area contributed by atoms with Gasteiger partial charge in [0.15, 0.2) is 0 Å². The first-order valence-corrected chi connectivity index (χ1v) is 9.93. The molecule has 2 aromatic rings. The third-order valence-electron chi connectivity index (χ3n) is 3.95. The Morgan fingerprint density at radius 3 is 2.85 bits per heavy atom. The molecule has 0 radical (unpaired) electrons. The predicted molar refractivity (Wildman–Crippen MR) is 93.6 cm³/mol. The first kappa shape index (κ1) is 17.8. The molecule has 0 N–H and O–H groups in total. The summed E-state index contributed by atoms with van der Waals surface area (Å²) >= 11 is 0. The topological polar surface area (TPSA) is 113 Å². The van der Waals surface area contributed by atoms with E-state index in [2.05, 4.69) is 9.97 Å². The molecule has 1 aromatic carbocycles. The van der Waals surface area contributed by atoms with Gasteiger partial charge in [0.05, 0.1) is 11.4 Å². The van der Waals surface area contributed by atoms with Crippen LogP contribution in [-0.4, -0.2) is 42.8 Å². The molecule has 0 aliphatic carbocycles. The van der Waals surface area contributed by atoms with Crippen LogP contribution < -0.4 is 9.64 Å². The summed E-state index contributed by atoms with van der Waals surface area (Å²) in [7, 11) is -3.19. The molecule has 0 fully saturated rings. The third kappa shape index (κ3) is 3.97. The molecule has 134 valence electrons. The van der Waals surface area contributed by atoms with Crippen molar-refractivity contribution in [3.05, 3.63) is 41.9 Å². The van der Waals surface area contributed by atoms with E-state index in [9.17, 15) is 13.2 Å². The second-order valence-electron chi connectivity index (χ2n) is 5.88. The van der Waals surface area contributed by atoms with Gasteiger partial charge in [-0.1, -0.05) is 6.07 Å². The van der Waals surface area contributed by atoms with E-state index in [1.165, 1.54) is 17.3 Å². The summed E-state index contributed by atoms with van der Waals surface area (Å²) in [6.45, 7) is 0.0974. The van der Waals surface area contributed by atoms with Crippen molar-refractivity contribution in [1.82, 2.24) is 9.97 Å². The molecule has 1 amide bonds. The zero-order valence-electron chi connectivity index (χ0n) is 14.0. The molecule has 0 bridgehead atoms. The lowest BCUT2D eigenvalue weighted by Crippen LogP contribution is -2.38. The molecule has 2 heterocycles. The number of nitriles is 1. The molecule has 0 saturated heterocycles. The Morgan fingerprint density at radius 1 is 1.31 bits per heavy atom. The molecular formula is C17H16N4O4S. The van der Waals surface area contributed by atoms with Crippen LogP contribution >= 0.6 is 0 Å². The van der Waals surface area contributed by atoms with Crippen molar-refractivity contribution in [2.24, 2.45) is 0 Å². The van der Waals surface area contributed by atoms with E-state index < -0.39 is 9.84 Å². The number of nitrogens with zero attached hydrogens (tertiary/aromatic N) is 4. The number of ether oxygens (including phenoxy) is 1. The molecule has 1 aromatic heterocycles. The molecule has 0 unspecified atom stereocenters. The van der Waals surface area contributed by atoms with Crippen molar-refractivity contribution in [3.8, 4) is 17.7 Å². The maximum Gasteiger partial charge on any atom is 0.227 e. The van der Waals surface area contributed by atoms with Gasteiger partial charge in [-0.05, 0) is 18.6 Å². The summed E-state index contributed by atoms with van der Waals surface area (Å²) in [6, 6.07) is 8.59. The molecule has 0 saturated carbocycles. The van der Waals surface area contributed by atoms with Gasteiger partial charge in [-0.15, -0.1) is 0 Å². The molecule has 26 heavy (non-hydrogen) atoms.